The molecule has 1 saturated heterocycles. The normalized spacial score (nSPS) is 18.4. The van der Waals surface area contributed by atoms with Crippen molar-refractivity contribution in [3.05, 3.63) is 35.4 Å². The molecular formula is C17H26F2N2. The molecule has 1 aromatic carbocycles. The minimum Gasteiger partial charge on any atom is -0.317 e. The molecule has 118 valence electrons. The van der Waals surface area contributed by atoms with Crippen molar-refractivity contribution < 1.29 is 8.78 Å². The molecule has 0 spiro atoms. The summed E-state index contributed by atoms with van der Waals surface area (Å²) in [6.45, 7) is 9.26. The Balaban J connectivity index is 2.14. The number of piperidine rings is 1. The Morgan fingerprint density at radius 3 is 2.48 bits per heavy atom. The maximum absolute atomic E-state index is 14.0. The first-order valence-corrected chi connectivity index (χ1v) is 7.91. The molecule has 0 bridgehead atoms. The molecule has 1 atom stereocenters. The second-order valence-electron chi connectivity index (χ2n) is 6.30. The van der Waals surface area contributed by atoms with Crippen molar-refractivity contribution in [2.75, 3.05) is 19.6 Å². The zero-order valence-corrected chi connectivity index (χ0v) is 13.2. The molecule has 1 unspecified atom stereocenters. The molecule has 0 aromatic heterocycles. The van der Waals surface area contributed by atoms with Gasteiger partial charge in [-0.3, -0.25) is 4.90 Å². The number of rotatable bonds is 5. The van der Waals surface area contributed by atoms with Gasteiger partial charge in [-0.15, -0.1) is 0 Å². The first-order valence-electron chi connectivity index (χ1n) is 7.91. The second kappa shape index (κ2) is 7.32. The smallest absolute Gasteiger partial charge is 0.163 e. The van der Waals surface area contributed by atoms with Crippen LogP contribution < -0.4 is 5.32 Å². The van der Waals surface area contributed by atoms with Crippen molar-refractivity contribution in [2.24, 2.45) is 5.92 Å². The van der Waals surface area contributed by atoms with Crippen molar-refractivity contribution in [1.82, 2.24) is 10.2 Å². The van der Waals surface area contributed by atoms with Gasteiger partial charge in [-0.05, 0) is 58.7 Å². The highest BCUT2D eigenvalue weighted by molar-refractivity contribution is 5.22. The van der Waals surface area contributed by atoms with Crippen molar-refractivity contribution in [2.45, 2.75) is 45.7 Å². The third-order valence-corrected chi connectivity index (χ3v) is 4.52. The summed E-state index contributed by atoms with van der Waals surface area (Å²) >= 11 is 0. The molecule has 2 rings (SSSR count). The maximum Gasteiger partial charge on any atom is 0.163 e. The maximum atomic E-state index is 14.0. The monoisotopic (exact) mass is 296 g/mol. The number of nitrogens with one attached hydrogen (secondary N) is 1. The summed E-state index contributed by atoms with van der Waals surface area (Å²) in [6, 6.07) is 4.65. The van der Waals surface area contributed by atoms with Crippen LogP contribution in [0.15, 0.2) is 18.2 Å². The Hall–Kier alpha value is -1.00. The van der Waals surface area contributed by atoms with Gasteiger partial charge >= 0.3 is 0 Å². The summed E-state index contributed by atoms with van der Waals surface area (Å²) in [5.41, 5.74) is 0.456. The third-order valence-electron chi connectivity index (χ3n) is 4.52. The highest BCUT2D eigenvalue weighted by Crippen LogP contribution is 2.28. The van der Waals surface area contributed by atoms with Crippen LogP contribution in [0.4, 0.5) is 8.78 Å². The molecule has 0 amide bonds. The van der Waals surface area contributed by atoms with Gasteiger partial charge in [0, 0.05) is 24.2 Å². The SMILES string of the molecule is CC(C)N(CC1CCNCC1)C(C)c1cccc(F)c1F. The number of hydrogen-bond donors (Lipinski definition) is 1. The zero-order valence-electron chi connectivity index (χ0n) is 13.2. The largest absolute Gasteiger partial charge is 0.317 e. The van der Waals surface area contributed by atoms with Gasteiger partial charge in [-0.2, -0.15) is 0 Å². The quantitative estimate of drug-likeness (QED) is 0.890. The van der Waals surface area contributed by atoms with E-state index >= 15 is 0 Å². The van der Waals surface area contributed by atoms with Crippen LogP contribution in [0.2, 0.25) is 0 Å². The van der Waals surface area contributed by atoms with Gasteiger partial charge in [0.25, 0.3) is 0 Å². The Morgan fingerprint density at radius 1 is 1.19 bits per heavy atom. The van der Waals surface area contributed by atoms with Crippen molar-refractivity contribution in [3.8, 4) is 0 Å². The lowest BCUT2D eigenvalue weighted by Crippen LogP contribution is -2.41. The van der Waals surface area contributed by atoms with E-state index in [1.807, 2.05) is 6.92 Å². The summed E-state index contributed by atoms with van der Waals surface area (Å²) in [7, 11) is 0. The molecule has 0 saturated carbocycles. The molecule has 1 aliphatic heterocycles. The lowest BCUT2D eigenvalue weighted by molar-refractivity contribution is 0.122. The predicted octanol–water partition coefficient (Wildman–Crippen LogP) is 3.74. The fourth-order valence-electron chi connectivity index (χ4n) is 3.20. The average molecular weight is 296 g/mol. The molecule has 0 aliphatic carbocycles. The second-order valence-corrected chi connectivity index (χ2v) is 6.30. The topological polar surface area (TPSA) is 15.3 Å². The molecule has 1 fully saturated rings. The van der Waals surface area contributed by atoms with E-state index in [2.05, 4.69) is 24.1 Å². The third kappa shape index (κ3) is 4.01. The number of nitrogens with zero attached hydrogens (tertiary/aromatic N) is 1. The van der Waals surface area contributed by atoms with Crippen LogP contribution in [0.3, 0.4) is 0 Å². The first-order chi connectivity index (χ1) is 10.0. The highest BCUT2D eigenvalue weighted by atomic mass is 19.2. The number of benzene rings is 1. The lowest BCUT2D eigenvalue weighted by Gasteiger charge is -2.37. The Bertz CT molecular complexity index is 456. The molecule has 2 nitrogen and oxygen atoms in total. The molecule has 4 heteroatoms. The van der Waals surface area contributed by atoms with Gasteiger partial charge in [0.15, 0.2) is 11.6 Å². The van der Waals surface area contributed by atoms with Crippen LogP contribution in [-0.4, -0.2) is 30.6 Å². The van der Waals surface area contributed by atoms with E-state index in [0.29, 0.717) is 17.5 Å². The van der Waals surface area contributed by atoms with Crippen LogP contribution >= 0.6 is 0 Å². The minimum absolute atomic E-state index is 0.115. The van der Waals surface area contributed by atoms with E-state index in [-0.39, 0.29) is 6.04 Å². The van der Waals surface area contributed by atoms with Crippen molar-refractivity contribution in [1.29, 1.82) is 0 Å². The molecule has 21 heavy (non-hydrogen) atoms. The predicted molar refractivity (Wildman–Crippen MR) is 82.2 cm³/mol. The Kier molecular flexibility index (Phi) is 5.71. The molecular weight excluding hydrogens is 270 g/mol. The fourth-order valence-corrected chi connectivity index (χ4v) is 3.20. The van der Waals surface area contributed by atoms with Crippen LogP contribution in [-0.2, 0) is 0 Å². The van der Waals surface area contributed by atoms with Gasteiger partial charge in [0.05, 0.1) is 0 Å². The molecule has 1 aromatic rings. The Labute approximate surface area is 126 Å². The van der Waals surface area contributed by atoms with Gasteiger partial charge in [0.2, 0.25) is 0 Å². The van der Waals surface area contributed by atoms with E-state index in [0.717, 1.165) is 32.5 Å². The lowest BCUT2D eigenvalue weighted by atomic mass is 9.95. The Morgan fingerprint density at radius 2 is 1.86 bits per heavy atom. The van der Waals surface area contributed by atoms with E-state index in [1.165, 1.54) is 6.07 Å². The molecule has 1 heterocycles. The highest BCUT2D eigenvalue weighted by Gasteiger charge is 2.26. The molecule has 0 radical (unpaired) electrons. The van der Waals surface area contributed by atoms with E-state index in [4.69, 9.17) is 0 Å². The van der Waals surface area contributed by atoms with Crippen molar-refractivity contribution >= 4 is 0 Å². The zero-order chi connectivity index (χ0) is 15.4. The number of hydrogen-bond acceptors (Lipinski definition) is 2. The van der Waals surface area contributed by atoms with Crippen LogP contribution in [0.25, 0.3) is 0 Å². The summed E-state index contributed by atoms with van der Waals surface area (Å²) in [4.78, 5) is 2.29. The minimum atomic E-state index is -0.759. The van der Waals surface area contributed by atoms with Crippen molar-refractivity contribution in [3.63, 3.8) is 0 Å². The summed E-state index contributed by atoms with van der Waals surface area (Å²) < 4.78 is 27.5. The molecule has 1 N–H and O–H groups in total. The summed E-state index contributed by atoms with van der Waals surface area (Å²) in [5.74, 6) is -0.835. The summed E-state index contributed by atoms with van der Waals surface area (Å²) in [6.07, 6.45) is 2.31. The van der Waals surface area contributed by atoms with E-state index in [9.17, 15) is 8.78 Å². The van der Waals surface area contributed by atoms with Gasteiger partial charge in [-0.25, -0.2) is 8.78 Å². The summed E-state index contributed by atoms with van der Waals surface area (Å²) in [5, 5.41) is 3.37. The van der Waals surface area contributed by atoms with Crippen LogP contribution in [0, 0.1) is 17.6 Å². The average Bonchev–Trinajstić information content (AvgIpc) is 2.48. The van der Waals surface area contributed by atoms with Crippen LogP contribution in [0.1, 0.15) is 45.2 Å². The van der Waals surface area contributed by atoms with Crippen LogP contribution in [0.5, 0.6) is 0 Å². The standard InChI is InChI=1S/C17H26F2N2/c1-12(2)21(11-14-7-9-20-10-8-14)13(3)15-5-4-6-16(18)17(15)19/h4-6,12-14,20H,7-11H2,1-3H3. The fraction of sp³-hybridized carbons (Fsp3) is 0.647. The van der Waals surface area contributed by atoms with Gasteiger partial charge in [0.1, 0.15) is 0 Å². The van der Waals surface area contributed by atoms with E-state index in [1.54, 1.807) is 12.1 Å². The first kappa shape index (κ1) is 16.4. The molecule has 1 aliphatic rings. The van der Waals surface area contributed by atoms with E-state index < -0.39 is 11.6 Å². The van der Waals surface area contributed by atoms with Gasteiger partial charge in [-0.1, -0.05) is 12.1 Å². The number of halogens is 2. The van der Waals surface area contributed by atoms with Gasteiger partial charge < -0.3 is 5.32 Å².